The number of hydrogen-bond acceptors (Lipinski definition) is 7. The molecule has 0 aromatic carbocycles. The van der Waals surface area contributed by atoms with Gasteiger partial charge in [-0.2, -0.15) is 4.98 Å². The molecule has 1 heterocycles. The molecule has 1 unspecified atom stereocenters. The van der Waals surface area contributed by atoms with E-state index in [-0.39, 0.29) is 11.6 Å². The van der Waals surface area contributed by atoms with Gasteiger partial charge in [-0.15, -0.1) is 0 Å². The van der Waals surface area contributed by atoms with E-state index in [1.807, 2.05) is 6.92 Å². The van der Waals surface area contributed by atoms with Gasteiger partial charge >= 0.3 is 0 Å². The molecule has 0 spiro atoms. The second kappa shape index (κ2) is 7.39. The quantitative estimate of drug-likeness (QED) is 0.751. The zero-order valence-electron chi connectivity index (χ0n) is 12.2. The van der Waals surface area contributed by atoms with E-state index in [0.717, 1.165) is 6.42 Å². The highest BCUT2D eigenvalue weighted by atomic mass is 32.2. The van der Waals surface area contributed by atoms with Crippen molar-refractivity contribution < 1.29 is 17.9 Å². The lowest BCUT2D eigenvalue weighted by atomic mass is 10.2. The predicted octanol–water partition coefficient (Wildman–Crippen LogP) is 0.579. The molecule has 0 saturated carbocycles. The Morgan fingerprint density at radius 1 is 1.35 bits per heavy atom. The summed E-state index contributed by atoms with van der Waals surface area (Å²) in [6, 6.07) is -0.460. The number of rotatable bonds is 8. The van der Waals surface area contributed by atoms with Crippen molar-refractivity contribution in [3.8, 4) is 11.8 Å². The molecular formula is C12H21N3O4S. The summed E-state index contributed by atoms with van der Waals surface area (Å²) >= 11 is 0. The van der Waals surface area contributed by atoms with Crippen molar-refractivity contribution in [3.05, 3.63) is 11.9 Å². The first-order valence-corrected chi connectivity index (χ1v) is 8.33. The Balaban J connectivity index is 3.11. The lowest BCUT2D eigenvalue weighted by Gasteiger charge is -2.19. The molecular weight excluding hydrogens is 282 g/mol. The minimum Gasteiger partial charge on any atom is -0.480 e. The Hall–Kier alpha value is -1.41. The molecule has 1 rings (SSSR count). The summed E-state index contributed by atoms with van der Waals surface area (Å²) in [6.45, 7) is 2.68. The van der Waals surface area contributed by atoms with Crippen LogP contribution in [0.2, 0.25) is 0 Å². The van der Waals surface area contributed by atoms with E-state index in [1.165, 1.54) is 26.7 Å². The minimum absolute atomic E-state index is 0.0651. The largest absolute Gasteiger partial charge is 0.480 e. The van der Waals surface area contributed by atoms with Crippen LogP contribution in [0.4, 0.5) is 0 Å². The zero-order valence-corrected chi connectivity index (χ0v) is 13.0. The van der Waals surface area contributed by atoms with Gasteiger partial charge in [0.15, 0.2) is 0 Å². The fourth-order valence-electron chi connectivity index (χ4n) is 1.71. The van der Waals surface area contributed by atoms with Crippen molar-refractivity contribution in [2.75, 3.05) is 32.8 Å². The Morgan fingerprint density at radius 3 is 2.55 bits per heavy atom. The third-order valence-corrected chi connectivity index (χ3v) is 3.53. The second-order valence-electron chi connectivity index (χ2n) is 4.41. The van der Waals surface area contributed by atoms with Crippen molar-refractivity contribution in [1.82, 2.24) is 15.3 Å². The number of ether oxygens (including phenoxy) is 2. The fourth-order valence-corrected chi connectivity index (χ4v) is 2.59. The maximum atomic E-state index is 11.5. The van der Waals surface area contributed by atoms with E-state index in [0.29, 0.717) is 18.1 Å². The molecule has 0 bridgehead atoms. The van der Waals surface area contributed by atoms with E-state index in [1.54, 1.807) is 0 Å². The maximum absolute atomic E-state index is 11.5. The van der Waals surface area contributed by atoms with Crippen molar-refractivity contribution in [1.29, 1.82) is 0 Å². The Bertz CT molecular complexity index is 534. The van der Waals surface area contributed by atoms with Gasteiger partial charge in [0.2, 0.25) is 11.8 Å². The van der Waals surface area contributed by atoms with Crippen molar-refractivity contribution in [2.45, 2.75) is 19.4 Å². The van der Waals surface area contributed by atoms with Crippen LogP contribution in [-0.4, -0.2) is 51.2 Å². The van der Waals surface area contributed by atoms with Crippen LogP contribution in [0, 0.1) is 0 Å². The predicted molar refractivity (Wildman–Crippen MR) is 75.9 cm³/mol. The van der Waals surface area contributed by atoms with Crippen LogP contribution < -0.4 is 14.8 Å². The van der Waals surface area contributed by atoms with Gasteiger partial charge in [-0.3, -0.25) is 0 Å². The maximum Gasteiger partial charge on any atom is 0.240 e. The lowest BCUT2D eigenvalue weighted by molar-refractivity contribution is 0.351. The van der Waals surface area contributed by atoms with Crippen LogP contribution in [0.3, 0.4) is 0 Å². The van der Waals surface area contributed by atoms with E-state index < -0.39 is 15.9 Å². The van der Waals surface area contributed by atoms with Crippen LogP contribution >= 0.6 is 0 Å². The Morgan fingerprint density at radius 2 is 2.05 bits per heavy atom. The average molecular weight is 303 g/mol. The Labute approximate surface area is 119 Å². The number of nitrogens with zero attached hydrogens (tertiary/aromatic N) is 2. The molecule has 8 heteroatoms. The summed E-state index contributed by atoms with van der Waals surface area (Å²) in [7, 11) is -0.218. The highest BCUT2D eigenvalue weighted by molar-refractivity contribution is 7.90. The van der Waals surface area contributed by atoms with Gasteiger partial charge < -0.3 is 14.8 Å². The first kappa shape index (κ1) is 16.6. The normalized spacial score (nSPS) is 13.0. The molecule has 0 aliphatic heterocycles. The third-order valence-electron chi connectivity index (χ3n) is 2.59. The molecule has 0 amide bonds. The molecule has 1 aromatic heterocycles. The molecule has 7 nitrogen and oxygen atoms in total. The summed E-state index contributed by atoms with van der Waals surface area (Å²) in [6.07, 6.45) is 3.52. The van der Waals surface area contributed by atoms with Crippen LogP contribution in [0.25, 0.3) is 0 Å². The smallest absolute Gasteiger partial charge is 0.240 e. The first-order valence-electron chi connectivity index (χ1n) is 6.27. The van der Waals surface area contributed by atoms with Gasteiger partial charge in [-0.05, 0) is 13.0 Å². The topological polar surface area (TPSA) is 90.4 Å². The van der Waals surface area contributed by atoms with Gasteiger partial charge in [0.1, 0.15) is 15.5 Å². The van der Waals surface area contributed by atoms with Crippen molar-refractivity contribution in [2.24, 2.45) is 0 Å². The van der Waals surface area contributed by atoms with Crippen molar-refractivity contribution in [3.63, 3.8) is 0 Å². The van der Waals surface area contributed by atoms with Crippen LogP contribution in [-0.2, 0) is 9.84 Å². The van der Waals surface area contributed by atoms with Crippen LogP contribution in [0.5, 0.6) is 11.8 Å². The number of nitrogens with one attached hydrogen (secondary N) is 1. The molecule has 0 saturated heterocycles. The molecule has 20 heavy (non-hydrogen) atoms. The zero-order chi connectivity index (χ0) is 15.2. The Kier molecular flexibility index (Phi) is 6.15. The SMILES string of the molecule is CCCNC(CS(C)(=O)=O)c1ncc(OC)nc1OC. The molecule has 0 fully saturated rings. The lowest BCUT2D eigenvalue weighted by Crippen LogP contribution is -2.29. The molecule has 0 aliphatic carbocycles. The van der Waals surface area contributed by atoms with Gasteiger partial charge in [0.05, 0.1) is 32.2 Å². The number of sulfone groups is 1. The average Bonchev–Trinajstić information content (AvgIpc) is 2.41. The summed E-state index contributed by atoms with van der Waals surface area (Å²) in [5, 5.41) is 3.15. The minimum atomic E-state index is -3.16. The third kappa shape index (κ3) is 4.93. The molecule has 0 radical (unpaired) electrons. The summed E-state index contributed by atoms with van der Waals surface area (Å²) in [5.41, 5.74) is 0.465. The highest BCUT2D eigenvalue weighted by Gasteiger charge is 2.23. The van der Waals surface area contributed by atoms with Gasteiger partial charge in [-0.1, -0.05) is 6.92 Å². The number of aromatic nitrogens is 2. The summed E-state index contributed by atoms with van der Waals surface area (Å²) in [5.74, 6) is 0.519. The standard InChI is InChI=1S/C12H21N3O4S/c1-5-6-13-9(8-20(4,16)17)11-12(19-3)15-10(18-2)7-14-11/h7,9,13H,5-6,8H2,1-4H3. The molecule has 1 aromatic rings. The molecule has 1 N–H and O–H groups in total. The van der Waals surface area contributed by atoms with E-state index in [9.17, 15) is 8.42 Å². The monoisotopic (exact) mass is 303 g/mol. The van der Waals surface area contributed by atoms with Gasteiger partial charge in [-0.25, -0.2) is 13.4 Å². The van der Waals surface area contributed by atoms with Gasteiger partial charge in [0.25, 0.3) is 0 Å². The summed E-state index contributed by atoms with van der Waals surface area (Å²) in [4.78, 5) is 8.35. The molecule has 0 aliphatic rings. The van der Waals surface area contributed by atoms with Crippen LogP contribution in [0.15, 0.2) is 6.20 Å². The van der Waals surface area contributed by atoms with Crippen molar-refractivity contribution >= 4 is 9.84 Å². The molecule has 1 atom stereocenters. The number of hydrogen-bond donors (Lipinski definition) is 1. The van der Waals surface area contributed by atoms with E-state index >= 15 is 0 Å². The summed E-state index contributed by atoms with van der Waals surface area (Å²) < 4.78 is 33.3. The molecule has 114 valence electrons. The second-order valence-corrected chi connectivity index (χ2v) is 6.59. The first-order chi connectivity index (χ1) is 9.41. The highest BCUT2D eigenvalue weighted by Crippen LogP contribution is 2.24. The van der Waals surface area contributed by atoms with E-state index in [2.05, 4.69) is 15.3 Å². The fraction of sp³-hybridized carbons (Fsp3) is 0.667. The van der Waals surface area contributed by atoms with Gasteiger partial charge in [0, 0.05) is 6.26 Å². The van der Waals surface area contributed by atoms with Crippen LogP contribution in [0.1, 0.15) is 25.1 Å². The van der Waals surface area contributed by atoms with E-state index in [4.69, 9.17) is 9.47 Å². The number of methoxy groups -OCH3 is 2.